The Morgan fingerprint density at radius 1 is 0.900 bits per heavy atom. The van der Waals surface area contributed by atoms with Crippen molar-refractivity contribution >= 4 is 34.8 Å². The average Bonchev–Trinajstić information content (AvgIpc) is 2.87. The van der Waals surface area contributed by atoms with Gasteiger partial charge in [0.15, 0.2) is 5.78 Å². The summed E-state index contributed by atoms with van der Waals surface area (Å²) in [6.07, 6.45) is -1.73. The van der Waals surface area contributed by atoms with Crippen LogP contribution in [0, 0.1) is 0 Å². The Kier molecular flexibility index (Phi) is 5.22. The predicted molar refractivity (Wildman–Crippen MR) is 110 cm³/mol. The van der Waals surface area contributed by atoms with Gasteiger partial charge < -0.3 is 9.47 Å². The van der Waals surface area contributed by atoms with Gasteiger partial charge in [0.25, 0.3) is 5.91 Å². The van der Waals surface area contributed by atoms with Crippen LogP contribution in [0.1, 0.15) is 68.8 Å². The van der Waals surface area contributed by atoms with Gasteiger partial charge in [-0.05, 0) is 47.6 Å². The Bertz CT molecular complexity index is 1050. The number of Topliss-reactive ketones (excluding diaryl/α,β-unsaturated/α-hetero) is 1. The molecule has 3 rings (SSSR count). The normalized spacial score (nSPS) is 15.1. The third-order valence-corrected chi connectivity index (χ3v) is 4.35. The van der Waals surface area contributed by atoms with E-state index >= 15 is 0 Å². The molecule has 0 unspecified atom stereocenters. The van der Waals surface area contributed by atoms with Crippen LogP contribution in [0.4, 0.5) is 9.59 Å². The molecule has 0 aliphatic carbocycles. The van der Waals surface area contributed by atoms with Gasteiger partial charge in [0, 0.05) is 18.4 Å². The smallest absolute Gasteiger partial charge is 0.419 e. The third-order valence-electron chi connectivity index (χ3n) is 4.35. The Morgan fingerprint density at radius 2 is 1.47 bits per heavy atom. The molecule has 1 aliphatic rings. The molecule has 0 bridgehead atoms. The van der Waals surface area contributed by atoms with Gasteiger partial charge in [-0.2, -0.15) is 0 Å². The maximum Gasteiger partial charge on any atom is 0.419 e. The molecule has 2 amide bonds. The number of ether oxygens (including phenoxy) is 2. The van der Waals surface area contributed by atoms with Crippen LogP contribution in [0.3, 0.4) is 0 Å². The maximum atomic E-state index is 13.4. The van der Waals surface area contributed by atoms with E-state index in [0.29, 0.717) is 10.9 Å². The number of amides is 2. The largest absolute Gasteiger partial charge is 0.443 e. The van der Waals surface area contributed by atoms with Crippen LogP contribution in [-0.4, -0.2) is 51.1 Å². The Labute approximate surface area is 174 Å². The van der Waals surface area contributed by atoms with Gasteiger partial charge in [-0.25, -0.2) is 19.1 Å². The minimum Gasteiger partial charge on any atom is -0.443 e. The summed E-state index contributed by atoms with van der Waals surface area (Å²) in [5, 5.41) is 0.461. The van der Waals surface area contributed by atoms with Crippen molar-refractivity contribution in [3.05, 3.63) is 35.5 Å². The number of aromatic nitrogens is 1. The van der Waals surface area contributed by atoms with E-state index in [4.69, 9.17) is 9.47 Å². The molecule has 0 spiro atoms. The molecule has 160 valence electrons. The molecule has 1 aliphatic heterocycles. The van der Waals surface area contributed by atoms with Crippen molar-refractivity contribution in [1.82, 2.24) is 9.47 Å². The molecule has 0 radical (unpaired) electrons. The summed E-state index contributed by atoms with van der Waals surface area (Å²) in [7, 11) is 0. The summed E-state index contributed by atoms with van der Waals surface area (Å²) in [6.45, 7) is 10.0. The molecule has 0 saturated carbocycles. The molecule has 1 aromatic heterocycles. The van der Waals surface area contributed by atoms with Crippen LogP contribution in [-0.2, 0) is 9.47 Å². The van der Waals surface area contributed by atoms with E-state index in [0.717, 1.165) is 9.47 Å². The van der Waals surface area contributed by atoms with Gasteiger partial charge in [-0.1, -0.05) is 18.2 Å². The number of rotatable bonds is 0. The number of carbonyl (C=O) groups excluding carboxylic acids is 4. The molecule has 8 nitrogen and oxygen atoms in total. The highest BCUT2D eigenvalue weighted by Gasteiger charge is 2.39. The van der Waals surface area contributed by atoms with Crippen LogP contribution in [0.2, 0.25) is 0 Å². The molecular formula is C22H26N2O6. The number of ketones is 1. The number of para-hydroxylation sites is 1. The lowest BCUT2D eigenvalue weighted by molar-refractivity contribution is 0.0236. The lowest BCUT2D eigenvalue weighted by Gasteiger charge is -2.26. The fourth-order valence-electron chi connectivity index (χ4n) is 3.28. The van der Waals surface area contributed by atoms with Crippen molar-refractivity contribution in [2.24, 2.45) is 0 Å². The Morgan fingerprint density at radius 3 is 2.07 bits per heavy atom. The number of hydrogen-bond donors (Lipinski definition) is 0. The summed E-state index contributed by atoms with van der Waals surface area (Å²) in [5.41, 5.74) is -1.34. The highest BCUT2D eigenvalue weighted by molar-refractivity contribution is 6.21. The SMILES string of the molecule is CC(C)(C)OC(=O)N1CCC(=O)c2c(n(C(=O)OC(C)(C)C)c3ccccc23)C1=O. The van der Waals surface area contributed by atoms with Gasteiger partial charge in [0.05, 0.1) is 11.1 Å². The van der Waals surface area contributed by atoms with Gasteiger partial charge in [0.1, 0.15) is 16.9 Å². The number of carbonyl (C=O) groups is 4. The first-order valence-corrected chi connectivity index (χ1v) is 9.75. The van der Waals surface area contributed by atoms with E-state index in [-0.39, 0.29) is 30.0 Å². The number of hydrogen-bond acceptors (Lipinski definition) is 6. The van der Waals surface area contributed by atoms with Crippen LogP contribution in [0.25, 0.3) is 10.9 Å². The second kappa shape index (κ2) is 7.27. The summed E-state index contributed by atoms with van der Waals surface area (Å²) in [4.78, 5) is 52.9. The molecule has 0 saturated heterocycles. The van der Waals surface area contributed by atoms with E-state index in [1.165, 1.54) is 0 Å². The minimum absolute atomic E-state index is 0.0691. The maximum absolute atomic E-state index is 13.4. The van der Waals surface area contributed by atoms with Crippen molar-refractivity contribution in [1.29, 1.82) is 0 Å². The fourth-order valence-corrected chi connectivity index (χ4v) is 3.28. The zero-order chi connectivity index (χ0) is 22.4. The average molecular weight is 414 g/mol. The van der Waals surface area contributed by atoms with Gasteiger partial charge in [0.2, 0.25) is 0 Å². The predicted octanol–water partition coefficient (Wildman–Crippen LogP) is 4.39. The highest BCUT2D eigenvalue weighted by atomic mass is 16.6. The molecule has 0 atom stereocenters. The molecule has 1 aromatic carbocycles. The molecule has 8 heteroatoms. The first kappa shape index (κ1) is 21.5. The second-order valence-electron chi connectivity index (χ2n) is 9.17. The van der Waals surface area contributed by atoms with Crippen molar-refractivity contribution in [3.63, 3.8) is 0 Å². The molecule has 30 heavy (non-hydrogen) atoms. The number of fused-ring (bicyclic) bond motifs is 3. The van der Waals surface area contributed by atoms with E-state index in [1.54, 1.807) is 65.8 Å². The summed E-state index contributed by atoms with van der Waals surface area (Å²) in [6, 6.07) is 6.72. The van der Waals surface area contributed by atoms with Crippen LogP contribution in [0.5, 0.6) is 0 Å². The minimum atomic E-state index is -0.867. The van der Waals surface area contributed by atoms with Crippen LogP contribution < -0.4 is 0 Å². The van der Waals surface area contributed by atoms with Crippen LogP contribution in [0.15, 0.2) is 24.3 Å². The Hall–Kier alpha value is -3.16. The van der Waals surface area contributed by atoms with E-state index in [2.05, 4.69) is 0 Å². The van der Waals surface area contributed by atoms with E-state index in [1.807, 2.05) is 0 Å². The molecular weight excluding hydrogens is 388 g/mol. The van der Waals surface area contributed by atoms with Crippen molar-refractivity contribution in [2.45, 2.75) is 59.2 Å². The highest BCUT2D eigenvalue weighted by Crippen LogP contribution is 2.32. The standard InChI is InChI=1S/C22H26N2O6/c1-21(2,3)29-19(27)23-12-11-15(25)16-13-9-7-8-10-14(13)24(17(16)18(23)26)20(28)30-22(4,5)6/h7-10H,11-12H2,1-6H3. The topological polar surface area (TPSA) is 94.9 Å². The quantitative estimate of drug-likeness (QED) is 0.635. The zero-order valence-corrected chi connectivity index (χ0v) is 18.1. The van der Waals surface area contributed by atoms with E-state index < -0.39 is 29.3 Å². The van der Waals surface area contributed by atoms with Gasteiger partial charge in [-0.15, -0.1) is 0 Å². The summed E-state index contributed by atoms with van der Waals surface area (Å²) >= 11 is 0. The Balaban J connectivity index is 2.22. The second-order valence-corrected chi connectivity index (χ2v) is 9.17. The fraction of sp³-hybridized carbons (Fsp3) is 0.455. The third kappa shape index (κ3) is 4.08. The molecule has 2 aromatic rings. The van der Waals surface area contributed by atoms with Crippen molar-refractivity contribution in [3.8, 4) is 0 Å². The lowest BCUT2D eigenvalue weighted by atomic mass is 10.1. The lowest BCUT2D eigenvalue weighted by Crippen LogP contribution is -2.42. The molecule has 0 N–H and O–H groups in total. The van der Waals surface area contributed by atoms with Crippen LogP contribution >= 0.6 is 0 Å². The monoisotopic (exact) mass is 414 g/mol. The first-order valence-electron chi connectivity index (χ1n) is 9.75. The van der Waals surface area contributed by atoms with Crippen molar-refractivity contribution < 1.29 is 28.7 Å². The summed E-state index contributed by atoms with van der Waals surface area (Å²) in [5.74, 6) is -1.10. The van der Waals surface area contributed by atoms with Crippen molar-refractivity contribution in [2.75, 3.05) is 6.54 Å². The summed E-state index contributed by atoms with van der Waals surface area (Å²) < 4.78 is 11.9. The first-order chi connectivity index (χ1) is 13.8. The molecule has 0 fully saturated rings. The number of benzene rings is 1. The number of nitrogens with zero attached hydrogens (tertiary/aromatic N) is 2. The van der Waals surface area contributed by atoms with Gasteiger partial charge >= 0.3 is 12.2 Å². The molecule has 2 heterocycles. The number of imide groups is 1. The zero-order valence-electron chi connectivity index (χ0n) is 18.1. The van der Waals surface area contributed by atoms with Gasteiger partial charge in [-0.3, -0.25) is 9.59 Å². The van der Waals surface area contributed by atoms with E-state index in [9.17, 15) is 19.2 Å².